The second kappa shape index (κ2) is 8.33. The summed E-state index contributed by atoms with van der Waals surface area (Å²) >= 11 is 3.01. The van der Waals surface area contributed by atoms with E-state index in [0.717, 1.165) is 38.7 Å². The number of hydrogen-bond acceptors (Lipinski definition) is 7. The highest BCUT2D eigenvalue weighted by molar-refractivity contribution is 7.98. The number of carbonyl (C=O) groups excluding carboxylic acids is 1. The number of anilines is 2. The molecule has 1 amide bonds. The zero-order valence-electron chi connectivity index (χ0n) is 17.8. The van der Waals surface area contributed by atoms with Crippen molar-refractivity contribution in [1.29, 1.82) is 0 Å². The number of aromatic nitrogens is 5. The van der Waals surface area contributed by atoms with Crippen LogP contribution in [0.3, 0.4) is 0 Å². The molecule has 0 aliphatic carbocycles. The molecule has 3 heterocycles. The maximum atomic E-state index is 12.4. The molecular weight excluding hydrogens is 440 g/mol. The van der Waals surface area contributed by atoms with Crippen LogP contribution in [0, 0.1) is 13.8 Å². The fraction of sp³-hybridized carbons (Fsp3) is 0.174. The molecule has 5 aromatic rings. The molecule has 0 bridgehead atoms. The van der Waals surface area contributed by atoms with Crippen molar-refractivity contribution in [3.05, 3.63) is 71.0 Å². The number of fused-ring (bicyclic) bond motifs is 3. The normalized spacial score (nSPS) is 11.3. The van der Waals surface area contributed by atoms with Crippen molar-refractivity contribution in [2.75, 3.05) is 4.90 Å². The smallest absolute Gasteiger partial charge is 0.230 e. The zero-order chi connectivity index (χ0) is 22.2. The van der Waals surface area contributed by atoms with E-state index in [1.165, 1.54) is 11.3 Å². The molecule has 0 saturated carbocycles. The molecule has 9 heteroatoms. The molecule has 2 aromatic carbocycles. The van der Waals surface area contributed by atoms with Gasteiger partial charge in [0.1, 0.15) is 5.82 Å². The first-order valence-electron chi connectivity index (χ1n) is 10.1. The van der Waals surface area contributed by atoms with E-state index >= 15 is 0 Å². The lowest BCUT2D eigenvalue weighted by Crippen LogP contribution is -2.22. The molecule has 0 atom stereocenters. The van der Waals surface area contributed by atoms with Crippen molar-refractivity contribution < 1.29 is 4.79 Å². The van der Waals surface area contributed by atoms with Gasteiger partial charge < -0.3 is 0 Å². The van der Waals surface area contributed by atoms with Crippen molar-refractivity contribution in [3.63, 3.8) is 0 Å². The van der Waals surface area contributed by atoms with Crippen molar-refractivity contribution in [3.8, 4) is 0 Å². The fourth-order valence-electron chi connectivity index (χ4n) is 3.52. The first-order valence-corrected chi connectivity index (χ1v) is 11.9. The number of carbonyl (C=O) groups is 1. The molecule has 32 heavy (non-hydrogen) atoms. The van der Waals surface area contributed by atoms with Gasteiger partial charge >= 0.3 is 0 Å². The topological polar surface area (TPSA) is 76.3 Å². The third kappa shape index (κ3) is 3.85. The van der Waals surface area contributed by atoms with E-state index in [1.807, 2.05) is 67.8 Å². The summed E-state index contributed by atoms with van der Waals surface area (Å²) in [6.45, 7) is 5.44. The number of thiazole rings is 1. The van der Waals surface area contributed by atoms with Gasteiger partial charge in [-0.3, -0.25) is 9.69 Å². The number of para-hydroxylation sites is 1. The van der Waals surface area contributed by atoms with Gasteiger partial charge in [-0.15, -0.1) is 16.4 Å². The van der Waals surface area contributed by atoms with Gasteiger partial charge in [0, 0.05) is 23.4 Å². The minimum atomic E-state index is -0.0693. The van der Waals surface area contributed by atoms with E-state index in [9.17, 15) is 4.79 Å². The third-order valence-electron chi connectivity index (χ3n) is 4.91. The summed E-state index contributed by atoms with van der Waals surface area (Å²) in [6.07, 6.45) is 0. The Morgan fingerprint density at radius 3 is 2.75 bits per heavy atom. The van der Waals surface area contributed by atoms with E-state index in [2.05, 4.69) is 10.1 Å². The summed E-state index contributed by atoms with van der Waals surface area (Å²) in [6, 6.07) is 15.8. The van der Waals surface area contributed by atoms with Crippen LogP contribution in [0.1, 0.15) is 24.0 Å². The average Bonchev–Trinajstić information content (AvgIpc) is 3.38. The highest BCUT2D eigenvalue weighted by Gasteiger charge is 2.19. The lowest BCUT2D eigenvalue weighted by molar-refractivity contribution is -0.115. The van der Waals surface area contributed by atoms with Gasteiger partial charge in [-0.2, -0.15) is 4.52 Å². The van der Waals surface area contributed by atoms with Crippen molar-refractivity contribution in [2.24, 2.45) is 0 Å². The van der Waals surface area contributed by atoms with E-state index in [1.54, 1.807) is 28.1 Å². The minimum Gasteiger partial charge on any atom is -0.274 e. The lowest BCUT2D eigenvalue weighted by Gasteiger charge is -2.18. The van der Waals surface area contributed by atoms with Crippen molar-refractivity contribution in [1.82, 2.24) is 24.6 Å². The van der Waals surface area contributed by atoms with Gasteiger partial charge in [0.05, 0.1) is 16.9 Å². The number of hydrogen-bond donors (Lipinski definition) is 0. The molecule has 0 aliphatic rings. The first-order chi connectivity index (χ1) is 15.5. The summed E-state index contributed by atoms with van der Waals surface area (Å²) < 4.78 is 1.80. The number of thioether (sulfide) groups is 1. The van der Waals surface area contributed by atoms with Crippen molar-refractivity contribution in [2.45, 2.75) is 31.7 Å². The molecule has 7 nitrogen and oxygen atoms in total. The molecule has 0 saturated heterocycles. The van der Waals surface area contributed by atoms with E-state index < -0.39 is 0 Å². The van der Waals surface area contributed by atoms with Gasteiger partial charge in [-0.25, -0.2) is 15.0 Å². The Morgan fingerprint density at radius 2 is 1.94 bits per heavy atom. The summed E-state index contributed by atoms with van der Waals surface area (Å²) in [4.78, 5) is 28.1. The van der Waals surface area contributed by atoms with E-state index in [4.69, 9.17) is 9.97 Å². The van der Waals surface area contributed by atoms with Crippen LogP contribution in [0.4, 0.5) is 10.8 Å². The number of benzene rings is 2. The quantitative estimate of drug-likeness (QED) is 0.261. The molecule has 0 unspecified atom stereocenters. The van der Waals surface area contributed by atoms with Crippen LogP contribution in [0.2, 0.25) is 0 Å². The van der Waals surface area contributed by atoms with Gasteiger partial charge in [0.2, 0.25) is 5.91 Å². The van der Waals surface area contributed by atoms with Crippen LogP contribution in [0.25, 0.3) is 16.6 Å². The van der Waals surface area contributed by atoms with Crippen LogP contribution < -0.4 is 4.90 Å². The monoisotopic (exact) mass is 460 g/mol. The van der Waals surface area contributed by atoms with E-state index in [0.29, 0.717) is 16.7 Å². The minimum absolute atomic E-state index is 0.0693. The highest BCUT2D eigenvalue weighted by Crippen LogP contribution is 2.32. The molecule has 0 N–H and O–H groups in total. The maximum absolute atomic E-state index is 12.4. The molecule has 0 radical (unpaired) electrons. The zero-order valence-corrected chi connectivity index (χ0v) is 19.4. The molecule has 0 spiro atoms. The highest BCUT2D eigenvalue weighted by atomic mass is 32.2. The van der Waals surface area contributed by atoms with Gasteiger partial charge in [0.25, 0.3) is 0 Å². The molecule has 0 aliphatic heterocycles. The van der Waals surface area contributed by atoms with Gasteiger partial charge in [0.15, 0.2) is 15.9 Å². The Bertz CT molecular complexity index is 1460. The maximum Gasteiger partial charge on any atom is 0.230 e. The molecule has 0 fully saturated rings. The standard InChI is InChI=1S/C23H20N6OS2/c1-14-7-6-8-18(11-14)28(16(3)30)22-25-17(12-31-22)13-32-23-26-20-10-5-4-9-19(20)21-24-15(2)27-29(21)23/h4-12H,13H2,1-3H3. The summed E-state index contributed by atoms with van der Waals surface area (Å²) in [7, 11) is 0. The predicted octanol–water partition coefficient (Wildman–Crippen LogP) is 5.33. The second-order valence-corrected chi connectivity index (χ2v) is 9.19. The molecule has 5 rings (SSSR count). The van der Waals surface area contributed by atoms with Crippen LogP contribution in [0.15, 0.2) is 59.1 Å². The largest absolute Gasteiger partial charge is 0.274 e. The second-order valence-electron chi connectivity index (χ2n) is 7.41. The van der Waals surface area contributed by atoms with Crippen LogP contribution in [0.5, 0.6) is 0 Å². The number of aryl methyl sites for hydroxylation is 2. The average molecular weight is 461 g/mol. The number of rotatable bonds is 5. The van der Waals surface area contributed by atoms with Crippen LogP contribution in [-0.2, 0) is 10.5 Å². The Hall–Kier alpha value is -3.30. The number of nitrogens with zero attached hydrogens (tertiary/aromatic N) is 6. The SMILES string of the molecule is CC(=O)N(c1cccc(C)c1)c1nc(CSc2nc3ccccc3c3nc(C)nn23)cs1. The third-order valence-corrected chi connectivity index (χ3v) is 6.75. The van der Waals surface area contributed by atoms with Crippen molar-refractivity contribution >= 4 is 56.4 Å². The molecular formula is C23H20N6OS2. The van der Waals surface area contributed by atoms with Crippen LogP contribution >= 0.6 is 23.1 Å². The Morgan fingerprint density at radius 1 is 1.09 bits per heavy atom. The van der Waals surface area contributed by atoms with Gasteiger partial charge in [-0.1, -0.05) is 36.0 Å². The summed E-state index contributed by atoms with van der Waals surface area (Å²) in [5, 5.41) is 8.91. The number of amides is 1. The Balaban J connectivity index is 1.44. The Labute approximate surface area is 193 Å². The molecule has 3 aromatic heterocycles. The summed E-state index contributed by atoms with van der Waals surface area (Å²) in [5.41, 5.74) is 4.49. The lowest BCUT2D eigenvalue weighted by atomic mass is 10.2. The predicted molar refractivity (Wildman–Crippen MR) is 129 cm³/mol. The fourth-order valence-corrected chi connectivity index (χ4v) is 5.35. The first kappa shape index (κ1) is 20.6. The summed E-state index contributed by atoms with van der Waals surface area (Å²) in [5.74, 6) is 1.24. The molecule has 160 valence electrons. The van der Waals surface area contributed by atoms with E-state index in [-0.39, 0.29) is 5.91 Å². The van der Waals surface area contributed by atoms with Crippen LogP contribution in [-0.4, -0.2) is 30.5 Å². The Kier molecular flexibility index (Phi) is 5.36. The van der Waals surface area contributed by atoms with Gasteiger partial charge in [-0.05, 0) is 43.7 Å².